The van der Waals surface area contributed by atoms with Crippen molar-refractivity contribution in [1.82, 2.24) is 19.9 Å². The number of halogens is 1. The Bertz CT molecular complexity index is 766. The first kappa shape index (κ1) is 18.0. The van der Waals surface area contributed by atoms with Gasteiger partial charge in [-0.2, -0.15) is 5.26 Å². The number of fused-ring (bicyclic) bond motifs is 1. The van der Waals surface area contributed by atoms with Gasteiger partial charge in [-0.05, 0) is 45.2 Å². The fourth-order valence-corrected chi connectivity index (χ4v) is 4.04. The van der Waals surface area contributed by atoms with Gasteiger partial charge in [0.1, 0.15) is 11.6 Å². The van der Waals surface area contributed by atoms with E-state index in [9.17, 15) is 5.26 Å². The molecule has 0 unspecified atom stereocenters. The summed E-state index contributed by atoms with van der Waals surface area (Å²) in [7, 11) is 0. The zero-order valence-corrected chi connectivity index (χ0v) is 15.4. The molecule has 2 aliphatic rings. The molecule has 0 radical (unpaired) electrons. The van der Waals surface area contributed by atoms with Gasteiger partial charge < -0.3 is 11.1 Å². The molecule has 1 aliphatic carbocycles. The Kier molecular flexibility index (Phi) is 5.45. The third kappa shape index (κ3) is 3.31. The van der Waals surface area contributed by atoms with Crippen LogP contribution < -0.4 is 11.1 Å². The van der Waals surface area contributed by atoms with Gasteiger partial charge in [-0.15, -0.1) is 5.10 Å². The van der Waals surface area contributed by atoms with Crippen LogP contribution in [-0.4, -0.2) is 27.7 Å². The maximum Gasteiger partial charge on any atom is 0.238 e. The Labute approximate surface area is 153 Å². The van der Waals surface area contributed by atoms with Crippen LogP contribution >= 0.6 is 11.6 Å². The average molecular weight is 361 g/mol. The molecule has 1 saturated heterocycles. The minimum Gasteiger partial charge on any atom is -0.367 e. The van der Waals surface area contributed by atoms with Crippen molar-refractivity contribution in [2.24, 2.45) is 0 Å². The molecule has 7 heteroatoms. The van der Waals surface area contributed by atoms with Crippen LogP contribution in [0.3, 0.4) is 0 Å². The van der Waals surface area contributed by atoms with E-state index >= 15 is 0 Å². The molecule has 25 heavy (non-hydrogen) atoms. The number of nitrogens with two attached hydrogens (primary N) is 1. The highest BCUT2D eigenvalue weighted by Gasteiger charge is 2.42. The lowest BCUT2D eigenvalue weighted by atomic mass is 9.64. The van der Waals surface area contributed by atoms with E-state index in [0.717, 1.165) is 25.0 Å². The number of anilines is 1. The highest BCUT2D eigenvalue weighted by atomic mass is 35.5. The van der Waals surface area contributed by atoms with Gasteiger partial charge in [0, 0.05) is 5.41 Å². The second-order valence-corrected chi connectivity index (χ2v) is 7.24. The summed E-state index contributed by atoms with van der Waals surface area (Å²) in [5.74, 6) is 0.190. The normalized spacial score (nSPS) is 18.8. The summed E-state index contributed by atoms with van der Waals surface area (Å²) in [4.78, 5) is 3.96. The molecule has 2 aromatic rings. The Morgan fingerprint density at radius 3 is 2.48 bits per heavy atom. The molecular formula is C18H25ClN6. The first-order valence-corrected chi connectivity index (χ1v) is 9.45. The van der Waals surface area contributed by atoms with E-state index in [1.54, 1.807) is 10.7 Å². The number of hydrogen-bond acceptors (Lipinski definition) is 5. The number of rotatable bonds is 2. The van der Waals surface area contributed by atoms with Crippen molar-refractivity contribution in [3.63, 3.8) is 0 Å². The van der Waals surface area contributed by atoms with E-state index in [1.165, 1.54) is 38.8 Å². The molecule has 0 aromatic carbocycles. The van der Waals surface area contributed by atoms with Crippen LogP contribution in [0.1, 0.15) is 63.1 Å². The van der Waals surface area contributed by atoms with Crippen molar-refractivity contribution < 1.29 is 0 Å². The lowest BCUT2D eigenvalue weighted by Gasteiger charge is -2.41. The highest BCUT2D eigenvalue weighted by Crippen LogP contribution is 2.49. The Balaban J connectivity index is 0.000000258. The number of piperidine rings is 1. The predicted molar refractivity (Wildman–Crippen MR) is 99.7 cm³/mol. The number of nitrogen functional groups attached to an aromatic ring is 1. The molecule has 1 saturated carbocycles. The average Bonchev–Trinajstić information content (AvgIpc) is 2.89. The SMILES string of the molecule is C1CCNCC1.CCC1(c2c(C#N)c(Cl)c3cnc(N)nn23)CCC1. The maximum absolute atomic E-state index is 9.42. The molecule has 4 rings (SSSR count). The van der Waals surface area contributed by atoms with Gasteiger partial charge in [0.2, 0.25) is 5.95 Å². The third-order valence-corrected chi connectivity index (χ3v) is 5.83. The van der Waals surface area contributed by atoms with Crippen molar-refractivity contribution in [3.05, 3.63) is 22.5 Å². The molecule has 3 N–H and O–H groups in total. The fourth-order valence-electron chi connectivity index (χ4n) is 3.78. The Hall–Kier alpha value is -1.84. The van der Waals surface area contributed by atoms with Crippen LogP contribution in [0.25, 0.3) is 5.52 Å². The second kappa shape index (κ2) is 7.59. The molecular weight excluding hydrogens is 336 g/mol. The second-order valence-electron chi connectivity index (χ2n) is 6.86. The summed E-state index contributed by atoms with van der Waals surface area (Å²) < 4.78 is 1.71. The number of nitrogens with one attached hydrogen (secondary N) is 1. The largest absolute Gasteiger partial charge is 0.367 e. The quantitative estimate of drug-likeness (QED) is 0.855. The number of nitrogens with zero attached hydrogens (tertiary/aromatic N) is 4. The standard InChI is InChI=1S/C13H14ClN5.C5H11N/c1-2-13(4-3-5-13)11-8(6-15)10(14)9-7-17-12(16)18-19(9)11;1-2-4-6-5-3-1/h7H,2-5H2,1H3,(H2,16,18);6H,1-5H2. The Morgan fingerprint density at radius 2 is 2.04 bits per heavy atom. The van der Waals surface area contributed by atoms with E-state index in [1.807, 2.05) is 0 Å². The summed E-state index contributed by atoms with van der Waals surface area (Å²) in [5.41, 5.74) is 7.74. The number of aromatic nitrogens is 3. The van der Waals surface area contributed by atoms with Gasteiger partial charge in [-0.25, -0.2) is 9.50 Å². The van der Waals surface area contributed by atoms with Gasteiger partial charge in [0.15, 0.2) is 0 Å². The Morgan fingerprint density at radius 1 is 1.32 bits per heavy atom. The maximum atomic E-state index is 9.42. The molecule has 6 nitrogen and oxygen atoms in total. The minimum atomic E-state index is 0.00190. The van der Waals surface area contributed by atoms with Crippen molar-refractivity contribution >= 4 is 23.1 Å². The van der Waals surface area contributed by atoms with Crippen LogP contribution in [0.5, 0.6) is 0 Å². The monoisotopic (exact) mass is 360 g/mol. The first-order chi connectivity index (χ1) is 12.1. The third-order valence-electron chi connectivity index (χ3n) is 5.45. The smallest absolute Gasteiger partial charge is 0.238 e. The van der Waals surface area contributed by atoms with E-state index in [0.29, 0.717) is 16.1 Å². The van der Waals surface area contributed by atoms with E-state index < -0.39 is 0 Å². The van der Waals surface area contributed by atoms with Crippen LogP contribution in [0.15, 0.2) is 6.20 Å². The topological polar surface area (TPSA) is 92.0 Å². The van der Waals surface area contributed by atoms with Gasteiger partial charge in [-0.3, -0.25) is 0 Å². The van der Waals surface area contributed by atoms with Crippen molar-refractivity contribution in [2.45, 2.75) is 57.3 Å². The van der Waals surface area contributed by atoms with Gasteiger partial charge in [-0.1, -0.05) is 31.4 Å². The van der Waals surface area contributed by atoms with Crippen LogP contribution in [0.2, 0.25) is 5.02 Å². The fraction of sp³-hybridized carbons (Fsp3) is 0.611. The summed E-state index contributed by atoms with van der Waals surface area (Å²) in [6, 6.07) is 2.22. The molecule has 1 aliphatic heterocycles. The van der Waals surface area contributed by atoms with Gasteiger partial charge in [0.05, 0.1) is 22.5 Å². The summed E-state index contributed by atoms with van der Waals surface area (Å²) in [6.45, 7) is 4.64. The number of nitriles is 1. The number of hydrogen-bond donors (Lipinski definition) is 2. The summed E-state index contributed by atoms with van der Waals surface area (Å²) in [5, 5.41) is 17.4. The first-order valence-electron chi connectivity index (χ1n) is 9.07. The molecule has 0 amide bonds. The molecule has 0 bridgehead atoms. The molecule has 2 aromatic heterocycles. The molecule has 0 spiro atoms. The molecule has 3 heterocycles. The zero-order valence-electron chi connectivity index (χ0n) is 14.7. The summed E-state index contributed by atoms with van der Waals surface area (Å²) in [6.07, 6.45) is 10.1. The van der Waals surface area contributed by atoms with Crippen LogP contribution in [0, 0.1) is 11.3 Å². The van der Waals surface area contributed by atoms with Crippen molar-refractivity contribution in [2.75, 3.05) is 18.8 Å². The lowest BCUT2D eigenvalue weighted by Crippen LogP contribution is -2.35. The van der Waals surface area contributed by atoms with Gasteiger partial charge in [0.25, 0.3) is 0 Å². The van der Waals surface area contributed by atoms with E-state index in [2.05, 4.69) is 28.4 Å². The van der Waals surface area contributed by atoms with Crippen molar-refractivity contribution in [3.8, 4) is 6.07 Å². The zero-order chi connectivity index (χ0) is 17.9. The molecule has 134 valence electrons. The van der Waals surface area contributed by atoms with Crippen LogP contribution in [-0.2, 0) is 5.41 Å². The summed E-state index contributed by atoms with van der Waals surface area (Å²) >= 11 is 6.29. The lowest BCUT2D eigenvalue weighted by molar-refractivity contribution is 0.224. The van der Waals surface area contributed by atoms with Gasteiger partial charge >= 0.3 is 0 Å². The van der Waals surface area contributed by atoms with E-state index in [-0.39, 0.29) is 11.4 Å². The minimum absolute atomic E-state index is 0.00190. The van der Waals surface area contributed by atoms with Crippen LogP contribution in [0.4, 0.5) is 5.95 Å². The molecule has 0 atom stereocenters. The molecule has 2 fully saturated rings. The predicted octanol–water partition coefficient (Wildman–Crippen LogP) is 3.43. The highest BCUT2D eigenvalue weighted by molar-refractivity contribution is 6.35. The van der Waals surface area contributed by atoms with E-state index in [4.69, 9.17) is 17.3 Å². The van der Waals surface area contributed by atoms with Crippen molar-refractivity contribution in [1.29, 1.82) is 5.26 Å².